The van der Waals surface area contributed by atoms with E-state index in [9.17, 15) is 9.59 Å². The average Bonchev–Trinajstić information content (AvgIpc) is 3.58. The van der Waals surface area contributed by atoms with Crippen molar-refractivity contribution in [1.82, 2.24) is 14.3 Å². The first-order chi connectivity index (χ1) is 19.4. The second-order valence-corrected chi connectivity index (χ2v) is 11.8. The number of pyridine rings is 1. The Kier molecular flexibility index (Phi) is 7.52. The lowest BCUT2D eigenvalue weighted by atomic mass is 10.2. The van der Waals surface area contributed by atoms with E-state index in [1.165, 1.54) is 11.8 Å². The first kappa shape index (κ1) is 26.8. The zero-order chi connectivity index (χ0) is 27.8. The Labute approximate surface area is 242 Å². The van der Waals surface area contributed by atoms with Crippen LogP contribution >= 0.6 is 24.0 Å². The summed E-state index contributed by atoms with van der Waals surface area (Å²) >= 11 is 6.79. The van der Waals surface area contributed by atoms with Crippen LogP contribution in [-0.2, 0) is 9.53 Å². The predicted octanol–water partition coefficient (Wildman–Crippen LogP) is 3.72. The molecular weight excluding hydrogens is 546 g/mol. The van der Waals surface area contributed by atoms with Gasteiger partial charge in [0, 0.05) is 39.0 Å². The highest BCUT2D eigenvalue weighted by atomic mass is 32.2. The number of hydrogen-bond donors (Lipinski definition) is 0. The molecule has 1 atom stereocenters. The van der Waals surface area contributed by atoms with Gasteiger partial charge in [-0.15, -0.1) is 0 Å². The number of aryl methyl sites for hydroxylation is 1. The number of benzene rings is 1. The molecule has 11 heteroatoms. The van der Waals surface area contributed by atoms with Crippen molar-refractivity contribution in [2.45, 2.75) is 25.9 Å². The number of fused-ring (bicyclic) bond motifs is 1. The molecule has 3 aromatic rings. The van der Waals surface area contributed by atoms with E-state index >= 15 is 0 Å². The third kappa shape index (κ3) is 5.09. The van der Waals surface area contributed by atoms with Crippen molar-refractivity contribution < 1.29 is 14.3 Å². The summed E-state index contributed by atoms with van der Waals surface area (Å²) in [5.74, 6) is 1.23. The molecule has 3 fully saturated rings. The molecule has 6 rings (SSSR count). The number of para-hydroxylation sites is 2. The summed E-state index contributed by atoms with van der Waals surface area (Å²) in [6.45, 7) is 5.87. The number of carbonyl (C=O) groups excluding carboxylic acids is 1. The van der Waals surface area contributed by atoms with Crippen molar-refractivity contribution in [2.24, 2.45) is 0 Å². The summed E-state index contributed by atoms with van der Waals surface area (Å²) < 4.78 is 13.4. The van der Waals surface area contributed by atoms with E-state index in [2.05, 4.69) is 15.9 Å². The summed E-state index contributed by atoms with van der Waals surface area (Å²) in [6.07, 6.45) is 5.36. The Morgan fingerprint density at radius 2 is 1.90 bits per heavy atom. The fraction of sp³-hybridized carbons (Fsp3) is 0.379. The van der Waals surface area contributed by atoms with Crippen molar-refractivity contribution in [1.29, 1.82) is 0 Å². The lowest BCUT2D eigenvalue weighted by molar-refractivity contribution is -0.123. The van der Waals surface area contributed by atoms with Crippen LogP contribution in [0.25, 0.3) is 11.7 Å². The molecule has 5 heterocycles. The number of thiocarbonyl (C=S) groups is 1. The first-order valence-corrected chi connectivity index (χ1v) is 14.7. The smallest absolute Gasteiger partial charge is 0.267 e. The molecule has 0 bridgehead atoms. The van der Waals surface area contributed by atoms with Crippen molar-refractivity contribution >= 4 is 57.4 Å². The monoisotopic (exact) mass is 577 g/mol. The minimum Gasteiger partial charge on any atom is -0.495 e. The minimum absolute atomic E-state index is 0.00659. The van der Waals surface area contributed by atoms with Crippen LogP contribution in [0.1, 0.15) is 24.0 Å². The molecule has 3 saturated heterocycles. The molecule has 0 spiro atoms. The van der Waals surface area contributed by atoms with E-state index in [1.54, 1.807) is 28.7 Å². The number of nitrogens with zero attached hydrogens (tertiary/aromatic N) is 5. The highest BCUT2D eigenvalue weighted by Crippen LogP contribution is 2.35. The van der Waals surface area contributed by atoms with Gasteiger partial charge in [0.1, 0.15) is 21.5 Å². The number of ether oxygens (including phenoxy) is 2. The first-order valence-electron chi connectivity index (χ1n) is 13.5. The van der Waals surface area contributed by atoms with E-state index in [1.807, 2.05) is 37.3 Å². The van der Waals surface area contributed by atoms with Crippen molar-refractivity contribution in [2.75, 3.05) is 56.2 Å². The van der Waals surface area contributed by atoms with Crippen LogP contribution in [0.15, 0.2) is 52.3 Å². The summed E-state index contributed by atoms with van der Waals surface area (Å²) in [4.78, 5) is 38.7. The van der Waals surface area contributed by atoms with E-state index in [-0.39, 0.29) is 17.6 Å². The quantitative estimate of drug-likeness (QED) is 0.322. The molecule has 40 heavy (non-hydrogen) atoms. The Morgan fingerprint density at radius 1 is 1.12 bits per heavy atom. The molecule has 9 nitrogen and oxygen atoms in total. The van der Waals surface area contributed by atoms with Crippen molar-refractivity contribution in [3.8, 4) is 5.75 Å². The number of anilines is 2. The predicted molar refractivity (Wildman–Crippen MR) is 162 cm³/mol. The molecule has 1 amide bonds. The van der Waals surface area contributed by atoms with E-state index in [0.29, 0.717) is 52.5 Å². The lowest BCUT2D eigenvalue weighted by Crippen LogP contribution is -2.47. The van der Waals surface area contributed by atoms with Gasteiger partial charge in [-0.2, -0.15) is 0 Å². The maximum absolute atomic E-state index is 13.9. The SMILES string of the molecule is COc1ccccc1N1CCN(c2nc3ccc(C)cn3c(=O)c2/C=C2\SC(=S)N(C[C@@H]3CCCO3)C2=O)CC1. The standard InChI is InChI=1S/C29H31N5O4S2/c1-19-9-10-25-30-26(32-13-11-31(12-14-32)22-7-3-4-8-23(22)37-2)21(27(35)33(25)17-19)16-24-28(36)34(29(39)40-24)18-20-6-5-15-38-20/h3-4,7-10,16-17,20H,5-6,11-15,18H2,1-2H3/b24-16-/t20-/m0/s1. The Hall–Kier alpha value is -3.41. The van der Waals surface area contributed by atoms with Crippen LogP contribution in [0.5, 0.6) is 5.75 Å². The number of thioether (sulfide) groups is 1. The van der Waals surface area contributed by atoms with Gasteiger partial charge < -0.3 is 19.3 Å². The van der Waals surface area contributed by atoms with Crippen LogP contribution in [0.4, 0.5) is 11.5 Å². The van der Waals surface area contributed by atoms with Gasteiger partial charge in [0.05, 0.1) is 35.9 Å². The summed E-state index contributed by atoms with van der Waals surface area (Å²) in [5.41, 5.74) is 2.75. The maximum atomic E-state index is 13.9. The van der Waals surface area contributed by atoms with E-state index in [4.69, 9.17) is 26.7 Å². The van der Waals surface area contributed by atoms with Gasteiger partial charge in [-0.25, -0.2) is 4.98 Å². The number of amides is 1. The zero-order valence-corrected chi connectivity index (χ0v) is 24.2. The lowest BCUT2D eigenvalue weighted by Gasteiger charge is -2.37. The van der Waals surface area contributed by atoms with Gasteiger partial charge in [0.2, 0.25) is 0 Å². The Morgan fingerprint density at radius 3 is 2.65 bits per heavy atom. The number of rotatable bonds is 6. The fourth-order valence-corrected chi connectivity index (χ4v) is 6.70. The molecule has 0 aliphatic carbocycles. The topological polar surface area (TPSA) is 79.6 Å². The summed E-state index contributed by atoms with van der Waals surface area (Å²) in [7, 11) is 1.68. The number of hydrogen-bond acceptors (Lipinski definition) is 9. The molecule has 0 N–H and O–H groups in total. The molecule has 1 aromatic carbocycles. The van der Waals surface area contributed by atoms with Crippen LogP contribution in [-0.4, -0.2) is 77.1 Å². The van der Waals surface area contributed by atoms with Crippen molar-refractivity contribution in [3.63, 3.8) is 0 Å². The second kappa shape index (κ2) is 11.2. The second-order valence-electron chi connectivity index (χ2n) is 10.2. The van der Waals surface area contributed by atoms with Gasteiger partial charge in [0.15, 0.2) is 0 Å². The Bertz CT molecular complexity index is 1560. The molecule has 0 unspecified atom stereocenters. The van der Waals surface area contributed by atoms with Gasteiger partial charge >= 0.3 is 0 Å². The van der Waals surface area contributed by atoms with Crippen LogP contribution < -0.4 is 20.1 Å². The molecule has 0 saturated carbocycles. The maximum Gasteiger partial charge on any atom is 0.267 e. The zero-order valence-electron chi connectivity index (χ0n) is 22.5. The van der Waals surface area contributed by atoms with Crippen LogP contribution in [0.2, 0.25) is 0 Å². The molecule has 3 aliphatic heterocycles. The Balaban J connectivity index is 1.34. The van der Waals surface area contributed by atoms with Gasteiger partial charge in [-0.3, -0.25) is 18.9 Å². The van der Waals surface area contributed by atoms with Gasteiger partial charge in [-0.1, -0.05) is 42.2 Å². The largest absolute Gasteiger partial charge is 0.495 e. The number of aromatic nitrogens is 2. The molecule has 3 aliphatic rings. The van der Waals surface area contributed by atoms with E-state index < -0.39 is 0 Å². The third-order valence-corrected chi connectivity index (χ3v) is 8.93. The normalized spacial score (nSPS) is 20.8. The summed E-state index contributed by atoms with van der Waals surface area (Å²) in [5, 5.41) is 0. The fourth-order valence-electron chi connectivity index (χ4n) is 5.44. The number of piperazine rings is 1. The van der Waals surface area contributed by atoms with E-state index in [0.717, 1.165) is 42.9 Å². The van der Waals surface area contributed by atoms with Crippen LogP contribution in [0.3, 0.4) is 0 Å². The highest BCUT2D eigenvalue weighted by Gasteiger charge is 2.35. The third-order valence-electron chi connectivity index (χ3n) is 7.55. The molecule has 208 valence electrons. The average molecular weight is 578 g/mol. The molecule has 2 aromatic heterocycles. The molecular formula is C29H31N5O4S2. The molecule has 0 radical (unpaired) electrons. The van der Waals surface area contributed by atoms with Gasteiger partial charge in [0.25, 0.3) is 11.5 Å². The van der Waals surface area contributed by atoms with Gasteiger partial charge in [-0.05, 0) is 49.6 Å². The highest BCUT2D eigenvalue weighted by molar-refractivity contribution is 8.26. The number of methoxy groups -OCH3 is 1. The number of carbonyl (C=O) groups is 1. The minimum atomic E-state index is -0.208. The van der Waals surface area contributed by atoms with Crippen molar-refractivity contribution in [3.05, 3.63) is 69.0 Å². The van der Waals surface area contributed by atoms with Crippen LogP contribution in [0, 0.1) is 6.92 Å². The summed E-state index contributed by atoms with van der Waals surface area (Å²) in [6, 6.07) is 11.8.